The average Bonchev–Trinajstić information content (AvgIpc) is 3.19. The first kappa shape index (κ1) is 12.9. The highest BCUT2D eigenvalue weighted by Crippen LogP contribution is 2.33. The number of H-pyrrole nitrogens is 1. The maximum atomic E-state index is 12.0. The molecule has 0 aromatic carbocycles. The van der Waals surface area contributed by atoms with Crippen molar-refractivity contribution in [1.82, 2.24) is 15.2 Å². The van der Waals surface area contributed by atoms with Gasteiger partial charge in [-0.1, -0.05) is 6.07 Å². The summed E-state index contributed by atoms with van der Waals surface area (Å²) in [6.07, 6.45) is 1.29. The minimum absolute atomic E-state index is 0.0112. The van der Waals surface area contributed by atoms with Gasteiger partial charge in [-0.3, -0.25) is 14.7 Å². The van der Waals surface area contributed by atoms with Crippen LogP contribution >= 0.6 is 22.7 Å². The van der Waals surface area contributed by atoms with Gasteiger partial charge in [0.2, 0.25) is 5.78 Å². The van der Waals surface area contributed by atoms with Crippen molar-refractivity contribution in [3.8, 4) is 9.75 Å². The van der Waals surface area contributed by atoms with E-state index in [1.165, 1.54) is 6.33 Å². The predicted molar refractivity (Wildman–Crippen MR) is 77.1 cm³/mol. The van der Waals surface area contributed by atoms with Gasteiger partial charge in [-0.05, 0) is 28.5 Å². The Morgan fingerprint density at radius 3 is 2.80 bits per heavy atom. The first-order valence-corrected chi connectivity index (χ1v) is 7.55. The molecule has 0 aliphatic heterocycles. The molecule has 0 radical (unpaired) electrons. The number of thiophene rings is 2. The lowest BCUT2D eigenvalue weighted by atomic mass is 10.1. The molecule has 0 saturated heterocycles. The number of hydrogen-bond donors (Lipinski definition) is 1. The van der Waals surface area contributed by atoms with Crippen LogP contribution in [-0.4, -0.2) is 26.7 Å². The van der Waals surface area contributed by atoms with E-state index < -0.39 is 11.6 Å². The molecule has 3 rings (SSSR count). The molecule has 3 aromatic rings. The SMILES string of the molecule is O=C(Cc1ccsc1-c1cccs1)C(=O)c1ncn[nH]1. The number of Topliss-reactive ketones (excluding diaryl/α,β-unsaturated/α-hetero) is 2. The lowest BCUT2D eigenvalue weighted by molar-refractivity contribution is -0.114. The van der Waals surface area contributed by atoms with Crippen LogP contribution in [0.2, 0.25) is 0 Å². The van der Waals surface area contributed by atoms with E-state index in [1.54, 1.807) is 22.7 Å². The summed E-state index contributed by atoms with van der Waals surface area (Å²) in [4.78, 5) is 29.7. The van der Waals surface area contributed by atoms with Crippen molar-refractivity contribution in [3.63, 3.8) is 0 Å². The fourth-order valence-corrected chi connectivity index (χ4v) is 3.63. The molecule has 20 heavy (non-hydrogen) atoms. The number of nitrogens with zero attached hydrogens (tertiary/aromatic N) is 2. The molecule has 3 aromatic heterocycles. The van der Waals surface area contributed by atoms with Crippen molar-refractivity contribution in [2.75, 3.05) is 0 Å². The molecule has 0 atom stereocenters. The molecule has 1 N–H and O–H groups in total. The number of nitrogens with one attached hydrogen (secondary N) is 1. The third-order valence-corrected chi connectivity index (χ3v) is 4.73. The standard InChI is InChI=1S/C13H9N3O2S2/c17-9(11(18)13-14-7-15-16-13)6-8-3-5-20-12(8)10-2-1-4-19-10/h1-5,7H,6H2,(H,14,15,16). The predicted octanol–water partition coefficient (Wildman–Crippen LogP) is 2.59. The molecule has 0 aliphatic carbocycles. The number of carbonyl (C=O) groups excluding carboxylic acids is 2. The molecule has 0 amide bonds. The van der Waals surface area contributed by atoms with E-state index >= 15 is 0 Å². The second-order valence-electron chi connectivity index (χ2n) is 4.02. The molecule has 100 valence electrons. The summed E-state index contributed by atoms with van der Waals surface area (Å²) in [5.41, 5.74) is 0.871. The molecular weight excluding hydrogens is 294 g/mol. The number of rotatable bonds is 5. The van der Waals surface area contributed by atoms with E-state index in [0.717, 1.165) is 15.3 Å². The Labute approximate surface area is 122 Å². The second kappa shape index (κ2) is 5.48. The zero-order valence-corrected chi connectivity index (χ0v) is 11.8. The Morgan fingerprint density at radius 1 is 1.20 bits per heavy atom. The highest BCUT2D eigenvalue weighted by molar-refractivity contribution is 7.20. The Kier molecular flexibility index (Phi) is 3.53. The monoisotopic (exact) mass is 303 g/mol. The Hall–Kier alpha value is -2.12. The quantitative estimate of drug-likeness (QED) is 0.580. The van der Waals surface area contributed by atoms with Crippen LogP contribution in [0.25, 0.3) is 9.75 Å². The molecule has 3 heterocycles. The van der Waals surface area contributed by atoms with E-state index in [1.807, 2.05) is 29.0 Å². The Balaban J connectivity index is 1.81. The van der Waals surface area contributed by atoms with E-state index in [0.29, 0.717) is 0 Å². The van der Waals surface area contributed by atoms with Crippen LogP contribution in [-0.2, 0) is 11.2 Å². The summed E-state index contributed by atoms with van der Waals surface area (Å²) in [7, 11) is 0. The van der Waals surface area contributed by atoms with Crippen molar-refractivity contribution in [3.05, 3.63) is 46.7 Å². The largest absolute Gasteiger partial charge is 0.290 e. The molecule has 0 unspecified atom stereocenters. The van der Waals surface area contributed by atoms with Crippen LogP contribution in [0, 0.1) is 0 Å². The van der Waals surface area contributed by atoms with E-state index in [4.69, 9.17) is 0 Å². The number of ketones is 2. The van der Waals surface area contributed by atoms with E-state index in [-0.39, 0.29) is 12.2 Å². The van der Waals surface area contributed by atoms with Gasteiger partial charge in [-0.2, -0.15) is 5.10 Å². The Bertz CT molecular complexity index is 730. The van der Waals surface area contributed by atoms with Crippen LogP contribution in [0.3, 0.4) is 0 Å². The average molecular weight is 303 g/mol. The van der Waals surface area contributed by atoms with Gasteiger partial charge in [0.1, 0.15) is 6.33 Å². The van der Waals surface area contributed by atoms with Gasteiger partial charge in [-0.15, -0.1) is 22.7 Å². The third kappa shape index (κ3) is 2.45. The van der Waals surface area contributed by atoms with Gasteiger partial charge >= 0.3 is 0 Å². The first-order valence-electron chi connectivity index (χ1n) is 5.79. The van der Waals surface area contributed by atoms with Crippen LogP contribution in [0.5, 0.6) is 0 Å². The van der Waals surface area contributed by atoms with Gasteiger partial charge in [0.25, 0.3) is 5.78 Å². The molecule has 0 aliphatic rings. The minimum atomic E-state index is -0.633. The number of aromatic nitrogens is 3. The topological polar surface area (TPSA) is 75.7 Å². The van der Waals surface area contributed by atoms with E-state index in [9.17, 15) is 9.59 Å². The highest BCUT2D eigenvalue weighted by atomic mass is 32.1. The number of carbonyl (C=O) groups is 2. The van der Waals surface area contributed by atoms with Crippen molar-refractivity contribution in [1.29, 1.82) is 0 Å². The Morgan fingerprint density at radius 2 is 2.10 bits per heavy atom. The molecule has 0 spiro atoms. The van der Waals surface area contributed by atoms with Crippen molar-refractivity contribution < 1.29 is 9.59 Å². The molecule has 5 nitrogen and oxygen atoms in total. The molecule has 0 saturated carbocycles. The smallest absolute Gasteiger partial charge is 0.265 e. The third-order valence-electron chi connectivity index (χ3n) is 2.73. The zero-order chi connectivity index (χ0) is 13.9. The summed E-state index contributed by atoms with van der Waals surface area (Å²) in [6, 6.07) is 5.85. The van der Waals surface area contributed by atoms with Crippen LogP contribution in [0.15, 0.2) is 35.3 Å². The summed E-state index contributed by atoms with van der Waals surface area (Å²) in [5, 5.41) is 9.90. The summed E-state index contributed by atoms with van der Waals surface area (Å²) >= 11 is 3.18. The van der Waals surface area contributed by atoms with Crippen LogP contribution in [0.1, 0.15) is 16.2 Å². The fraction of sp³-hybridized carbons (Fsp3) is 0.0769. The van der Waals surface area contributed by atoms with Crippen molar-refractivity contribution in [2.45, 2.75) is 6.42 Å². The van der Waals surface area contributed by atoms with Gasteiger partial charge in [0.05, 0.1) is 0 Å². The lowest BCUT2D eigenvalue weighted by Crippen LogP contribution is -2.18. The van der Waals surface area contributed by atoms with Crippen LogP contribution < -0.4 is 0 Å². The fourth-order valence-electron chi connectivity index (χ4n) is 1.80. The lowest BCUT2D eigenvalue weighted by Gasteiger charge is -2.00. The second-order valence-corrected chi connectivity index (χ2v) is 5.88. The summed E-state index contributed by atoms with van der Waals surface area (Å²) in [6.45, 7) is 0. The van der Waals surface area contributed by atoms with Gasteiger partial charge in [0.15, 0.2) is 5.82 Å². The molecular formula is C13H9N3O2S2. The summed E-state index contributed by atoms with van der Waals surface area (Å²) in [5.74, 6) is -1.13. The zero-order valence-electron chi connectivity index (χ0n) is 10.2. The number of aromatic amines is 1. The maximum absolute atomic E-state index is 12.0. The van der Waals surface area contributed by atoms with Gasteiger partial charge in [-0.25, -0.2) is 4.98 Å². The van der Waals surface area contributed by atoms with Crippen molar-refractivity contribution in [2.24, 2.45) is 0 Å². The maximum Gasteiger partial charge on any atom is 0.265 e. The highest BCUT2D eigenvalue weighted by Gasteiger charge is 2.21. The molecule has 0 bridgehead atoms. The first-order chi connectivity index (χ1) is 9.75. The normalized spacial score (nSPS) is 10.6. The molecule has 7 heteroatoms. The number of hydrogen-bond acceptors (Lipinski definition) is 6. The van der Waals surface area contributed by atoms with Gasteiger partial charge in [0, 0.05) is 16.2 Å². The summed E-state index contributed by atoms with van der Waals surface area (Å²) < 4.78 is 0. The van der Waals surface area contributed by atoms with Crippen molar-refractivity contribution >= 4 is 34.2 Å². The molecule has 0 fully saturated rings. The minimum Gasteiger partial charge on any atom is -0.290 e. The van der Waals surface area contributed by atoms with E-state index in [2.05, 4.69) is 15.2 Å². The van der Waals surface area contributed by atoms with Gasteiger partial charge < -0.3 is 0 Å². The van der Waals surface area contributed by atoms with Crippen LogP contribution in [0.4, 0.5) is 0 Å².